The second-order valence-corrected chi connectivity index (χ2v) is 6.30. The van der Waals surface area contributed by atoms with Gasteiger partial charge in [0.15, 0.2) is 11.5 Å². The molecule has 1 N–H and O–H groups in total. The third kappa shape index (κ3) is 4.44. The highest BCUT2D eigenvalue weighted by atomic mass is 35.5. The SMILES string of the molecule is N#C/C(=C\c1cc(Cl)c2c(c1)OCCCO2)C(=O)NC[C@@H]1CCCO1. The van der Waals surface area contributed by atoms with Crippen molar-refractivity contribution in [1.82, 2.24) is 5.32 Å². The molecule has 0 bridgehead atoms. The average molecular weight is 363 g/mol. The number of ether oxygens (including phenoxy) is 3. The van der Waals surface area contributed by atoms with Crippen molar-refractivity contribution >= 4 is 23.6 Å². The lowest BCUT2D eigenvalue weighted by Crippen LogP contribution is -2.32. The zero-order chi connectivity index (χ0) is 17.6. The number of fused-ring (bicyclic) bond motifs is 1. The van der Waals surface area contributed by atoms with Crippen LogP contribution in [0.4, 0.5) is 0 Å². The Morgan fingerprint density at radius 1 is 1.32 bits per heavy atom. The maximum atomic E-state index is 12.2. The first-order chi connectivity index (χ1) is 12.2. The second-order valence-electron chi connectivity index (χ2n) is 5.90. The summed E-state index contributed by atoms with van der Waals surface area (Å²) in [4.78, 5) is 12.2. The van der Waals surface area contributed by atoms with E-state index in [0.29, 0.717) is 41.8 Å². The molecule has 0 unspecified atom stereocenters. The van der Waals surface area contributed by atoms with E-state index >= 15 is 0 Å². The highest BCUT2D eigenvalue weighted by Crippen LogP contribution is 2.38. The van der Waals surface area contributed by atoms with Gasteiger partial charge in [0.2, 0.25) is 0 Å². The molecule has 1 aromatic carbocycles. The number of nitriles is 1. The molecule has 6 nitrogen and oxygen atoms in total. The molecule has 0 spiro atoms. The molecule has 2 heterocycles. The average Bonchev–Trinajstić information content (AvgIpc) is 3.01. The summed E-state index contributed by atoms with van der Waals surface area (Å²) in [6.45, 7) is 2.19. The molecule has 1 fully saturated rings. The van der Waals surface area contributed by atoms with Crippen LogP contribution in [0.25, 0.3) is 6.08 Å². The lowest BCUT2D eigenvalue weighted by Gasteiger charge is -2.11. The first kappa shape index (κ1) is 17.6. The molecule has 0 radical (unpaired) electrons. The normalized spacial score (nSPS) is 19.8. The van der Waals surface area contributed by atoms with Crippen molar-refractivity contribution in [3.8, 4) is 17.6 Å². The fourth-order valence-electron chi connectivity index (χ4n) is 2.76. The molecule has 3 rings (SSSR count). The van der Waals surface area contributed by atoms with Gasteiger partial charge < -0.3 is 19.5 Å². The summed E-state index contributed by atoms with van der Waals surface area (Å²) in [5.74, 6) is 0.590. The van der Waals surface area contributed by atoms with Gasteiger partial charge in [-0.1, -0.05) is 11.6 Å². The van der Waals surface area contributed by atoms with Crippen LogP contribution in [0.1, 0.15) is 24.8 Å². The molecule has 132 valence electrons. The molecule has 7 heteroatoms. The van der Waals surface area contributed by atoms with Crippen LogP contribution in [0.3, 0.4) is 0 Å². The highest BCUT2D eigenvalue weighted by Gasteiger charge is 2.19. The minimum Gasteiger partial charge on any atom is -0.489 e. The second kappa shape index (κ2) is 8.24. The monoisotopic (exact) mass is 362 g/mol. The standard InChI is InChI=1S/C18H19ClN2O4/c19-15-8-12(9-16-17(15)25-6-2-5-24-16)7-13(10-20)18(22)21-11-14-3-1-4-23-14/h7-9,14H,1-6,11H2,(H,21,22)/b13-7+/t14-/m0/s1. The molecule has 1 saturated heterocycles. The van der Waals surface area contributed by atoms with E-state index in [2.05, 4.69) is 5.32 Å². The zero-order valence-electron chi connectivity index (χ0n) is 13.7. The summed E-state index contributed by atoms with van der Waals surface area (Å²) in [7, 11) is 0. The molecule has 1 atom stereocenters. The van der Waals surface area contributed by atoms with Crippen molar-refractivity contribution in [3.05, 3.63) is 28.3 Å². The minimum atomic E-state index is -0.429. The van der Waals surface area contributed by atoms with Crippen LogP contribution in [-0.4, -0.2) is 38.4 Å². The maximum absolute atomic E-state index is 12.2. The molecule has 25 heavy (non-hydrogen) atoms. The summed E-state index contributed by atoms with van der Waals surface area (Å²) >= 11 is 6.24. The molecule has 0 saturated carbocycles. The van der Waals surface area contributed by atoms with Crippen LogP contribution in [0.5, 0.6) is 11.5 Å². The summed E-state index contributed by atoms with van der Waals surface area (Å²) < 4.78 is 16.7. The van der Waals surface area contributed by atoms with Crippen molar-refractivity contribution in [1.29, 1.82) is 5.26 Å². The molecular formula is C18H19ClN2O4. The molecule has 2 aliphatic rings. The number of hydrogen-bond donors (Lipinski definition) is 1. The Bertz CT molecular complexity index is 721. The Hall–Kier alpha value is -2.23. The van der Waals surface area contributed by atoms with Gasteiger partial charge in [0.25, 0.3) is 5.91 Å². The van der Waals surface area contributed by atoms with E-state index in [1.807, 2.05) is 6.07 Å². The first-order valence-corrected chi connectivity index (χ1v) is 8.66. The quantitative estimate of drug-likeness (QED) is 0.658. The Morgan fingerprint density at radius 2 is 2.16 bits per heavy atom. The number of hydrogen-bond acceptors (Lipinski definition) is 5. The highest BCUT2D eigenvalue weighted by molar-refractivity contribution is 6.32. The van der Waals surface area contributed by atoms with Crippen molar-refractivity contribution < 1.29 is 19.0 Å². The Labute approximate surface area is 151 Å². The van der Waals surface area contributed by atoms with E-state index in [9.17, 15) is 10.1 Å². The number of halogens is 1. The van der Waals surface area contributed by atoms with E-state index in [-0.39, 0.29) is 11.7 Å². The topological polar surface area (TPSA) is 80.6 Å². The fourth-order valence-corrected chi connectivity index (χ4v) is 3.03. The number of amides is 1. The fraction of sp³-hybridized carbons (Fsp3) is 0.444. The van der Waals surface area contributed by atoms with Gasteiger partial charge >= 0.3 is 0 Å². The maximum Gasteiger partial charge on any atom is 0.262 e. The number of carbonyl (C=O) groups is 1. The van der Waals surface area contributed by atoms with Crippen LogP contribution in [0, 0.1) is 11.3 Å². The first-order valence-electron chi connectivity index (χ1n) is 8.28. The van der Waals surface area contributed by atoms with Crippen molar-refractivity contribution in [3.63, 3.8) is 0 Å². The zero-order valence-corrected chi connectivity index (χ0v) is 14.5. The van der Waals surface area contributed by atoms with Gasteiger partial charge in [-0.05, 0) is 36.6 Å². The van der Waals surface area contributed by atoms with Gasteiger partial charge in [0.05, 0.1) is 24.3 Å². The van der Waals surface area contributed by atoms with E-state index < -0.39 is 5.91 Å². The van der Waals surface area contributed by atoms with Crippen molar-refractivity contribution in [2.45, 2.75) is 25.4 Å². The molecule has 1 amide bonds. The predicted molar refractivity (Wildman–Crippen MR) is 92.6 cm³/mol. The summed E-state index contributed by atoms with van der Waals surface area (Å²) in [6.07, 6.45) is 4.20. The van der Waals surface area contributed by atoms with Crippen molar-refractivity contribution in [2.24, 2.45) is 0 Å². The van der Waals surface area contributed by atoms with E-state index in [0.717, 1.165) is 25.9 Å². The lowest BCUT2D eigenvalue weighted by atomic mass is 10.1. The predicted octanol–water partition coefficient (Wildman–Crippen LogP) is 2.70. The Balaban J connectivity index is 1.75. The number of rotatable bonds is 4. The van der Waals surface area contributed by atoms with Crippen LogP contribution < -0.4 is 14.8 Å². The lowest BCUT2D eigenvalue weighted by molar-refractivity contribution is -0.117. The largest absolute Gasteiger partial charge is 0.489 e. The molecule has 0 aromatic heterocycles. The summed E-state index contributed by atoms with van der Waals surface area (Å²) in [6, 6.07) is 5.30. The minimum absolute atomic E-state index is 0.00329. The van der Waals surface area contributed by atoms with Crippen LogP contribution >= 0.6 is 11.6 Å². The summed E-state index contributed by atoms with van der Waals surface area (Å²) in [5, 5.41) is 12.4. The van der Waals surface area contributed by atoms with E-state index in [4.69, 9.17) is 25.8 Å². The number of nitrogens with one attached hydrogen (secondary N) is 1. The van der Waals surface area contributed by atoms with Crippen LogP contribution in [0.2, 0.25) is 5.02 Å². The Kier molecular flexibility index (Phi) is 5.79. The number of carbonyl (C=O) groups excluding carboxylic acids is 1. The smallest absolute Gasteiger partial charge is 0.262 e. The number of nitrogens with zero attached hydrogens (tertiary/aromatic N) is 1. The van der Waals surface area contributed by atoms with Crippen LogP contribution in [0.15, 0.2) is 17.7 Å². The van der Waals surface area contributed by atoms with E-state index in [1.165, 1.54) is 6.08 Å². The van der Waals surface area contributed by atoms with E-state index in [1.54, 1.807) is 12.1 Å². The molecule has 2 aliphatic heterocycles. The van der Waals surface area contributed by atoms with Gasteiger partial charge in [-0.25, -0.2) is 0 Å². The van der Waals surface area contributed by atoms with Crippen LogP contribution in [-0.2, 0) is 9.53 Å². The summed E-state index contributed by atoms with van der Waals surface area (Å²) in [5.41, 5.74) is 0.613. The molecule has 1 aromatic rings. The molecular weight excluding hydrogens is 344 g/mol. The number of benzene rings is 1. The molecule has 0 aliphatic carbocycles. The van der Waals surface area contributed by atoms with Gasteiger partial charge in [-0.2, -0.15) is 5.26 Å². The van der Waals surface area contributed by atoms with Gasteiger partial charge in [0, 0.05) is 19.6 Å². The third-order valence-corrected chi connectivity index (χ3v) is 4.30. The van der Waals surface area contributed by atoms with Crippen molar-refractivity contribution in [2.75, 3.05) is 26.4 Å². The van der Waals surface area contributed by atoms with Gasteiger partial charge in [-0.15, -0.1) is 0 Å². The third-order valence-electron chi connectivity index (χ3n) is 4.01. The van der Waals surface area contributed by atoms with Gasteiger partial charge in [0.1, 0.15) is 11.6 Å². The Morgan fingerprint density at radius 3 is 2.92 bits per heavy atom. The van der Waals surface area contributed by atoms with Gasteiger partial charge in [-0.3, -0.25) is 4.79 Å².